The molecular formula is C20H18BrN5O3S. The first-order chi connectivity index (χ1) is 14.5. The highest BCUT2D eigenvalue weighted by molar-refractivity contribution is 9.10. The number of aromatic nitrogens is 3. The number of halogens is 1. The molecule has 0 spiro atoms. The van der Waals surface area contributed by atoms with Gasteiger partial charge in [0.25, 0.3) is 0 Å². The zero-order valence-electron chi connectivity index (χ0n) is 16.0. The van der Waals surface area contributed by atoms with E-state index in [4.69, 9.17) is 0 Å². The summed E-state index contributed by atoms with van der Waals surface area (Å²) < 4.78 is 2.39. The van der Waals surface area contributed by atoms with Crippen molar-refractivity contribution in [2.75, 3.05) is 5.75 Å². The van der Waals surface area contributed by atoms with Crippen LogP contribution in [0.3, 0.4) is 0 Å². The summed E-state index contributed by atoms with van der Waals surface area (Å²) >= 11 is 4.65. The fourth-order valence-electron chi connectivity index (χ4n) is 3.35. The number of nitroso groups, excluding NO2 is 1. The van der Waals surface area contributed by atoms with Gasteiger partial charge >= 0.3 is 5.91 Å². The van der Waals surface area contributed by atoms with Gasteiger partial charge in [0.05, 0.1) is 11.4 Å². The molecule has 2 aromatic carbocycles. The fourth-order valence-corrected chi connectivity index (χ4v) is 4.67. The summed E-state index contributed by atoms with van der Waals surface area (Å²) in [6.45, 7) is 1.42. The molecule has 1 atom stereocenters. The Bertz CT molecular complexity index is 1140. The summed E-state index contributed by atoms with van der Waals surface area (Å²) in [4.78, 5) is 33.7. The van der Waals surface area contributed by atoms with Gasteiger partial charge in [-0.15, -0.1) is 15.1 Å². The third-order valence-electron chi connectivity index (χ3n) is 4.96. The maximum absolute atomic E-state index is 12.1. The molecule has 1 heterocycles. The minimum Gasteiger partial charge on any atom is -0.344 e. The van der Waals surface area contributed by atoms with E-state index in [2.05, 4.69) is 60.9 Å². The van der Waals surface area contributed by atoms with Gasteiger partial charge in [0.2, 0.25) is 10.6 Å². The highest BCUT2D eigenvalue weighted by Gasteiger charge is 2.26. The van der Waals surface area contributed by atoms with Crippen molar-refractivity contribution in [2.45, 2.75) is 36.9 Å². The van der Waals surface area contributed by atoms with Crippen LogP contribution in [0.1, 0.15) is 31.2 Å². The van der Waals surface area contributed by atoms with E-state index in [9.17, 15) is 14.5 Å². The summed E-state index contributed by atoms with van der Waals surface area (Å²) in [7, 11) is 0. The van der Waals surface area contributed by atoms with Crippen LogP contribution in [0.2, 0.25) is 0 Å². The van der Waals surface area contributed by atoms with Crippen LogP contribution in [0.25, 0.3) is 16.5 Å². The third kappa shape index (κ3) is 4.15. The zero-order chi connectivity index (χ0) is 21.3. The quantitative estimate of drug-likeness (QED) is 0.399. The van der Waals surface area contributed by atoms with Gasteiger partial charge in [0, 0.05) is 10.6 Å². The first kappa shape index (κ1) is 20.7. The molecule has 0 radical (unpaired) electrons. The summed E-state index contributed by atoms with van der Waals surface area (Å²) in [6.07, 6.45) is 2.44. The molecule has 154 valence electrons. The largest absolute Gasteiger partial charge is 0.344 e. The number of hydrogen-bond acceptors (Lipinski definition) is 6. The lowest BCUT2D eigenvalue weighted by Crippen LogP contribution is -2.38. The minimum atomic E-state index is -0.959. The maximum atomic E-state index is 12.1. The van der Waals surface area contributed by atoms with Crippen molar-refractivity contribution in [1.82, 2.24) is 20.1 Å². The Morgan fingerprint density at radius 1 is 1.23 bits per heavy atom. The average molecular weight is 488 g/mol. The van der Waals surface area contributed by atoms with E-state index >= 15 is 0 Å². The molecule has 2 amide bonds. The third-order valence-corrected chi connectivity index (χ3v) is 6.40. The van der Waals surface area contributed by atoms with Gasteiger partial charge in [-0.05, 0) is 58.6 Å². The van der Waals surface area contributed by atoms with Gasteiger partial charge < -0.3 is 5.32 Å². The molecule has 1 aromatic heterocycles. The van der Waals surface area contributed by atoms with Crippen molar-refractivity contribution in [2.24, 2.45) is 5.18 Å². The fraction of sp³-hybridized carbons (Fsp3) is 0.300. The molecule has 1 unspecified atom stereocenters. The van der Waals surface area contributed by atoms with Gasteiger partial charge in [-0.25, -0.2) is 0 Å². The Balaban J connectivity index is 1.61. The van der Waals surface area contributed by atoms with Crippen LogP contribution < -0.4 is 5.32 Å². The molecule has 0 aliphatic heterocycles. The van der Waals surface area contributed by atoms with E-state index in [0.29, 0.717) is 15.8 Å². The van der Waals surface area contributed by atoms with Gasteiger partial charge in [0.15, 0.2) is 5.16 Å². The number of fused-ring (bicyclic) bond motifs is 1. The molecule has 1 saturated carbocycles. The standard InChI is InChI=1S/C20H18BrN5O3S/c1-11(18(28)25-29)22-17(27)10-30-20-24-23-19(21)26(20)16-9-8-13(12-6-7-12)14-4-2-3-5-15(14)16/h2-5,8-9,11-12H,6-7,10H2,1H3,(H,22,27). The highest BCUT2D eigenvalue weighted by atomic mass is 79.9. The number of hydrogen-bond donors (Lipinski definition) is 1. The Morgan fingerprint density at radius 3 is 2.67 bits per heavy atom. The number of nitrogens with one attached hydrogen (secondary N) is 1. The molecule has 4 rings (SSSR count). The number of nitrogens with zero attached hydrogens (tertiary/aromatic N) is 4. The smallest absolute Gasteiger partial charge is 0.308 e. The van der Waals surface area contributed by atoms with Gasteiger partial charge in [-0.1, -0.05) is 42.1 Å². The average Bonchev–Trinajstić information content (AvgIpc) is 3.53. The second kappa shape index (κ2) is 8.65. The second-order valence-electron chi connectivity index (χ2n) is 7.09. The number of carbonyl (C=O) groups is 2. The predicted molar refractivity (Wildman–Crippen MR) is 118 cm³/mol. The van der Waals surface area contributed by atoms with Gasteiger partial charge in [-0.3, -0.25) is 14.2 Å². The Labute approximate surface area is 184 Å². The SMILES string of the molecule is CC(NC(=O)CSc1nnc(Br)n1-c1ccc(C2CC2)c2ccccc12)C(=O)N=O. The second-order valence-corrected chi connectivity index (χ2v) is 8.74. The van der Waals surface area contributed by atoms with E-state index in [-0.39, 0.29) is 5.75 Å². The Morgan fingerprint density at radius 2 is 1.97 bits per heavy atom. The molecule has 10 heteroatoms. The lowest BCUT2D eigenvalue weighted by atomic mass is 9.99. The monoisotopic (exact) mass is 487 g/mol. The van der Waals surface area contributed by atoms with Crippen molar-refractivity contribution < 1.29 is 9.59 Å². The molecule has 0 saturated heterocycles. The van der Waals surface area contributed by atoms with Crippen molar-refractivity contribution in [3.63, 3.8) is 0 Å². The molecule has 1 aliphatic rings. The van der Waals surface area contributed by atoms with Crippen molar-refractivity contribution >= 4 is 50.3 Å². The van der Waals surface area contributed by atoms with Crippen LogP contribution >= 0.6 is 27.7 Å². The molecule has 1 aliphatic carbocycles. The lowest BCUT2D eigenvalue weighted by Gasteiger charge is -2.14. The summed E-state index contributed by atoms with van der Waals surface area (Å²) in [6, 6.07) is 11.5. The topological polar surface area (TPSA) is 106 Å². The van der Waals surface area contributed by atoms with Crippen LogP contribution in [0.4, 0.5) is 0 Å². The van der Waals surface area contributed by atoms with Crippen LogP contribution in [-0.4, -0.2) is 38.4 Å². The predicted octanol–water partition coefficient (Wildman–Crippen LogP) is 3.95. The maximum Gasteiger partial charge on any atom is 0.308 e. The van der Waals surface area contributed by atoms with Crippen LogP contribution in [0.5, 0.6) is 0 Å². The van der Waals surface area contributed by atoms with Crippen molar-refractivity contribution in [1.29, 1.82) is 0 Å². The first-order valence-electron chi connectivity index (χ1n) is 9.42. The normalized spacial score (nSPS) is 14.5. The number of carbonyl (C=O) groups excluding carboxylic acids is 2. The number of benzene rings is 2. The molecule has 8 nitrogen and oxygen atoms in total. The Hall–Kier alpha value is -2.59. The van der Waals surface area contributed by atoms with Crippen LogP contribution in [-0.2, 0) is 9.59 Å². The first-order valence-corrected chi connectivity index (χ1v) is 11.2. The Kier molecular flexibility index (Phi) is 5.96. The zero-order valence-corrected chi connectivity index (χ0v) is 18.4. The summed E-state index contributed by atoms with van der Waals surface area (Å²) in [5.41, 5.74) is 2.28. The molecule has 1 N–H and O–H groups in total. The van der Waals surface area contributed by atoms with E-state index in [1.165, 1.54) is 42.5 Å². The number of rotatable bonds is 7. The van der Waals surface area contributed by atoms with Gasteiger partial charge in [-0.2, -0.15) is 0 Å². The van der Waals surface area contributed by atoms with E-state index in [0.717, 1.165) is 11.1 Å². The van der Waals surface area contributed by atoms with Crippen LogP contribution in [0, 0.1) is 4.91 Å². The molecule has 1 fully saturated rings. The number of thioether (sulfide) groups is 1. The van der Waals surface area contributed by atoms with E-state index in [1.807, 2.05) is 16.7 Å². The summed E-state index contributed by atoms with van der Waals surface area (Å²) in [5.74, 6) is -0.679. The molecule has 3 aromatic rings. The van der Waals surface area contributed by atoms with Crippen molar-refractivity contribution in [3.8, 4) is 5.69 Å². The number of amides is 2. The lowest BCUT2D eigenvalue weighted by molar-refractivity contribution is -0.125. The molecule has 30 heavy (non-hydrogen) atoms. The molecular weight excluding hydrogens is 470 g/mol. The van der Waals surface area contributed by atoms with Crippen molar-refractivity contribution in [3.05, 3.63) is 51.6 Å². The van der Waals surface area contributed by atoms with E-state index in [1.54, 1.807) is 0 Å². The summed E-state index contributed by atoms with van der Waals surface area (Å²) in [5, 5.41) is 15.9. The highest BCUT2D eigenvalue weighted by Crippen LogP contribution is 2.44. The minimum absolute atomic E-state index is 0.0136. The van der Waals surface area contributed by atoms with E-state index < -0.39 is 17.9 Å². The molecule has 0 bridgehead atoms. The van der Waals surface area contributed by atoms with Gasteiger partial charge in [0.1, 0.15) is 6.04 Å². The van der Waals surface area contributed by atoms with Crippen LogP contribution in [0.15, 0.2) is 51.5 Å².